The number of hydrogen-bond acceptors (Lipinski definition) is 3. The Balaban J connectivity index is 2.18. The summed E-state index contributed by atoms with van der Waals surface area (Å²) in [5.41, 5.74) is 1.70. The zero-order valence-corrected chi connectivity index (χ0v) is 12.0. The Hall–Kier alpha value is -0.900. The summed E-state index contributed by atoms with van der Waals surface area (Å²) < 4.78 is 10.7. The monoisotopic (exact) mass is 305 g/mol. The lowest BCUT2D eigenvalue weighted by Gasteiger charge is -2.09. The highest BCUT2D eigenvalue weighted by Crippen LogP contribution is 2.34. The molecule has 0 bridgehead atoms. The first-order valence-electron chi connectivity index (χ1n) is 5.18. The summed E-state index contributed by atoms with van der Waals surface area (Å²) in [6.45, 7) is 4.00. The van der Waals surface area contributed by atoms with Crippen LogP contribution in [-0.4, -0.2) is 5.16 Å². The van der Waals surface area contributed by atoms with Gasteiger partial charge in [0.2, 0.25) is 0 Å². The fourth-order valence-corrected chi connectivity index (χ4v) is 2.06. The maximum absolute atomic E-state index is 6.01. The van der Waals surface area contributed by atoms with E-state index in [-0.39, 0.29) is 0 Å². The topological polar surface area (TPSA) is 35.3 Å². The molecule has 2 rings (SSSR count). The van der Waals surface area contributed by atoms with E-state index in [1.54, 1.807) is 12.1 Å². The van der Waals surface area contributed by atoms with Crippen molar-refractivity contribution >= 4 is 34.8 Å². The lowest BCUT2D eigenvalue weighted by atomic mass is 10.2. The Morgan fingerprint density at radius 2 is 1.78 bits per heavy atom. The van der Waals surface area contributed by atoms with Gasteiger partial charge in [-0.25, -0.2) is 0 Å². The Bertz CT molecular complexity index is 561. The molecule has 0 radical (unpaired) electrons. The Labute approximate surface area is 120 Å². The fraction of sp³-hybridized carbons (Fsp3) is 0.250. The first-order valence-corrected chi connectivity index (χ1v) is 6.31. The smallest absolute Gasteiger partial charge is 0.140 e. The molecule has 0 aliphatic rings. The van der Waals surface area contributed by atoms with Gasteiger partial charge in [0.05, 0.1) is 26.3 Å². The minimum atomic E-state index is 0.318. The van der Waals surface area contributed by atoms with E-state index in [1.165, 1.54) is 0 Å². The number of aromatic nitrogens is 1. The lowest BCUT2D eigenvalue weighted by molar-refractivity contribution is 0.302. The van der Waals surface area contributed by atoms with Crippen molar-refractivity contribution in [2.45, 2.75) is 20.5 Å². The van der Waals surface area contributed by atoms with Gasteiger partial charge in [0, 0.05) is 6.07 Å². The molecule has 6 heteroatoms. The molecule has 0 spiro atoms. The molecule has 0 atom stereocenters. The van der Waals surface area contributed by atoms with Crippen LogP contribution in [0.2, 0.25) is 15.1 Å². The number of aryl methyl sites for hydroxylation is 2. The second kappa shape index (κ2) is 5.39. The van der Waals surface area contributed by atoms with Gasteiger partial charge in [0.1, 0.15) is 18.1 Å². The Kier molecular flexibility index (Phi) is 4.05. The molecule has 0 aliphatic heterocycles. The first kappa shape index (κ1) is 13.5. The van der Waals surface area contributed by atoms with E-state index in [9.17, 15) is 0 Å². The zero-order valence-electron chi connectivity index (χ0n) is 9.76. The second-order valence-electron chi connectivity index (χ2n) is 3.79. The third-order valence-electron chi connectivity index (χ3n) is 2.53. The molecule has 0 amide bonds. The predicted molar refractivity (Wildman–Crippen MR) is 71.8 cm³/mol. The van der Waals surface area contributed by atoms with Crippen molar-refractivity contribution in [2.24, 2.45) is 0 Å². The van der Waals surface area contributed by atoms with Crippen molar-refractivity contribution in [3.05, 3.63) is 44.2 Å². The van der Waals surface area contributed by atoms with Crippen LogP contribution in [0.1, 0.15) is 17.0 Å². The molecular weight excluding hydrogens is 296 g/mol. The molecule has 1 aromatic heterocycles. The van der Waals surface area contributed by atoms with Gasteiger partial charge in [-0.1, -0.05) is 40.0 Å². The molecule has 2 aromatic rings. The number of halogens is 3. The molecule has 18 heavy (non-hydrogen) atoms. The molecule has 0 aliphatic carbocycles. The van der Waals surface area contributed by atoms with Gasteiger partial charge in [0.25, 0.3) is 0 Å². The van der Waals surface area contributed by atoms with Crippen LogP contribution in [0.3, 0.4) is 0 Å². The summed E-state index contributed by atoms with van der Waals surface area (Å²) in [6.07, 6.45) is 0. The minimum Gasteiger partial charge on any atom is -0.487 e. The highest BCUT2D eigenvalue weighted by molar-refractivity contribution is 6.43. The largest absolute Gasteiger partial charge is 0.487 e. The van der Waals surface area contributed by atoms with Crippen LogP contribution < -0.4 is 4.74 Å². The molecule has 1 aromatic carbocycles. The normalized spacial score (nSPS) is 10.7. The van der Waals surface area contributed by atoms with Gasteiger partial charge in [-0.2, -0.15) is 0 Å². The average Bonchev–Trinajstić information content (AvgIpc) is 2.62. The number of nitrogens with zero attached hydrogens (tertiary/aromatic N) is 1. The van der Waals surface area contributed by atoms with Crippen LogP contribution in [-0.2, 0) is 6.61 Å². The number of hydrogen-bond donors (Lipinski definition) is 0. The number of benzene rings is 1. The standard InChI is InChI=1S/C12H10Cl3NO2/c1-6-8(7(2)18-16-6)5-17-12-4-10(14)9(13)3-11(12)15/h3-4H,5H2,1-2H3. The maximum Gasteiger partial charge on any atom is 0.140 e. The zero-order chi connectivity index (χ0) is 13.3. The van der Waals surface area contributed by atoms with E-state index in [0.29, 0.717) is 27.4 Å². The van der Waals surface area contributed by atoms with E-state index in [2.05, 4.69) is 5.16 Å². The summed E-state index contributed by atoms with van der Waals surface area (Å²) in [5.74, 6) is 1.20. The molecule has 0 unspecified atom stereocenters. The van der Waals surface area contributed by atoms with Crippen LogP contribution in [0.4, 0.5) is 0 Å². The van der Waals surface area contributed by atoms with Crippen molar-refractivity contribution in [2.75, 3.05) is 0 Å². The Morgan fingerprint density at radius 3 is 2.39 bits per heavy atom. The quantitative estimate of drug-likeness (QED) is 0.762. The first-order chi connectivity index (χ1) is 8.49. The van der Waals surface area contributed by atoms with Gasteiger partial charge in [-0.05, 0) is 19.9 Å². The van der Waals surface area contributed by atoms with Crippen LogP contribution in [0.25, 0.3) is 0 Å². The fourth-order valence-electron chi connectivity index (χ4n) is 1.47. The number of ether oxygens (including phenoxy) is 1. The maximum atomic E-state index is 6.01. The van der Waals surface area contributed by atoms with Crippen molar-refractivity contribution in [3.8, 4) is 5.75 Å². The van der Waals surface area contributed by atoms with E-state index < -0.39 is 0 Å². The minimum absolute atomic E-state index is 0.318. The lowest BCUT2D eigenvalue weighted by Crippen LogP contribution is -1.98. The third-order valence-corrected chi connectivity index (χ3v) is 3.55. The van der Waals surface area contributed by atoms with Crippen molar-refractivity contribution in [1.29, 1.82) is 0 Å². The van der Waals surface area contributed by atoms with Gasteiger partial charge < -0.3 is 9.26 Å². The third kappa shape index (κ3) is 2.74. The number of rotatable bonds is 3. The molecule has 1 heterocycles. The van der Waals surface area contributed by atoms with Gasteiger partial charge in [-0.15, -0.1) is 0 Å². The summed E-state index contributed by atoms with van der Waals surface area (Å²) in [7, 11) is 0. The summed E-state index contributed by atoms with van der Waals surface area (Å²) in [6, 6.07) is 3.14. The molecule has 0 saturated heterocycles. The average molecular weight is 307 g/mol. The van der Waals surface area contributed by atoms with Gasteiger partial charge in [0.15, 0.2) is 0 Å². The molecule has 0 fully saturated rings. The SMILES string of the molecule is Cc1noc(C)c1COc1cc(Cl)c(Cl)cc1Cl. The molecule has 0 saturated carbocycles. The van der Waals surface area contributed by atoms with Crippen LogP contribution in [0, 0.1) is 13.8 Å². The molecule has 3 nitrogen and oxygen atoms in total. The van der Waals surface area contributed by atoms with E-state index in [0.717, 1.165) is 17.0 Å². The molecular formula is C12H10Cl3NO2. The van der Waals surface area contributed by atoms with Gasteiger partial charge in [-0.3, -0.25) is 0 Å². The highest BCUT2D eigenvalue weighted by atomic mass is 35.5. The van der Waals surface area contributed by atoms with Crippen LogP contribution >= 0.6 is 34.8 Å². The van der Waals surface area contributed by atoms with Gasteiger partial charge >= 0.3 is 0 Å². The van der Waals surface area contributed by atoms with Crippen molar-refractivity contribution < 1.29 is 9.26 Å². The van der Waals surface area contributed by atoms with E-state index >= 15 is 0 Å². The van der Waals surface area contributed by atoms with Crippen molar-refractivity contribution in [3.63, 3.8) is 0 Å². The molecule has 0 N–H and O–H groups in total. The predicted octanol–water partition coefficient (Wildman–Crippen LogP) is 4.83. The van der Waals surface area contributed by atoms with E-state index in [4.69, 9.17) is 44.1 Å². The highest BCUT2D eigenvalue weighted by Gasteiger charge is 2.12. The summed E-state index contributed by atoms with van der Waals surface area (Å²) in [5, 5.41) is 5.05. The van der Waals surface area contributed by atoms with Crippen LogP contribution in [0.5, 0.6) is 5.75 Å². The Morgan fingerprint density at radius 1 is 1.11 bits per heavy atom. The van der Waals surface area contributed by atoms with Crippen LogP contribution in [0.15, 0.2) is 16.7 Å². The molecule has 96 valence electrons. The van der Waals surface area contributed by atoms with Crippen molar-refractivity contribution in [1.82, 2.24) is 5.16 Å². The summed E-state index contributed by atoms with van der Waals surface area (Å²) in [4.78, 5) is 0. The second-order valence-corrected chi connectivity index (χ2v) is 5.01. The summed E-state index contributed by atoms with van der Waals surface area (Å²) >= 11 is 17.8. The van der Waals surface area contributed by atoms with E-state index in [1.807, 2.05) is 13.8 Å².